The summed E-state index contributed by atoms with van der Waals surface area (Å²) in [7, 11) is 1.70. The first-order chi connectivity index (χ1) is 12.6. The number of rotatable bonds is 8. The highest BCUT2D eigenvalue weighted by Gasteiger charge is 2.37. The molecule has 0 aromatic heterocycles. The standard InChI is InChI=1S/C21H25NO4/c1-3-25-18-8-10-19(11-9-18)26-14-20(23)22-15-21(24-2)12-16-6-4-5-7-17(16)13-21/h4-11H,3,12-15H2,1-2H3,(H,22,23). The molecule has 1 amide bonds. The summed E-state index contributed by atoms with van der Waals surface area (Å²) in [4.78, 5) is 12.2. The van der Waals surface area contributed by atoms with Gasteiger partial charge < -0.3 is 19.5 Å². The molecule has 1 aliphatic rings. The number of fused-ring (bicyclic) bond motifs is 1. The summed E-state index contributed by atoms with van der Waals surface area (Å²) in [6.45, 7) is 2.99. The third-order valence-corrected chi connectivity index (χ3v) is 4.69. The molecule has 2 aromatic carbocycles. The first-order valence-corrected chi connectivity index (χ1v) is 8.88. The molecule has 0 spiro atoms. The molecule has 0 saturated carbocycles. The van der Waals surface area contributed by atoms with E-state index in [4.69, 9.17) is 14.2 Å². The zero-order valence-corrected chi connectivity index (χ0v) is 15.3. The number of amides is 1. The summed E-state index contributed by atoms with van der Waals surface area (Å²) in [5.74, 6) is 1.26. The van der Waals surface area contributed by atoms with Crippen molar-refractivity contribution in [3.05, 3.63) is 59.7 Å². The molecule has 138 valence electrons. The molecule has 0 atom stereocenters. The van der Waals surface area contributed by atoms with Crippen LogP contribution in [0.4, 0.5) is 0 Å². The van der Waals surface area contributed by atoms with Crippen molar-refractivity contribution in [3.63, 3.8) is 0 Å². The summed E-state index contributed by atoms with van der Waals surface area (Å²) in [6.07, 6.45) is 1.61. The smallest absolute Gasteiger partial charge is 0.258 e. The molecule has 0 bridgehead atoms. The maximum atomic E-state index is 12.2. The van der Waals surface area contributed by atoms with Crippen LogP contribution in [0.5, 0.6) is 11.5 Å². The van der Waals surface area contributed by atoms with Crippen LogP contribution in [0.15, 0.2) is 48.5 Å². The number of carbonyl (C=O) groups is 1. The van der Waals surface area contributed by atoms with Crippen LogP contribution in [-0.2, 0) is 22.4 Å². The molecule has 0 aliphatic heterocycles. The van der Waals surface area contributed by atoms with Crippen LogP contribution >= 0.6 is 0 Å². The van der Waals surface area contributed by atoms with Crippen LogP contribution in [0.25, 0.3) is 0 Å². The van der Waals surface area contributed by atoms with Gasteiger partial charge in [0.25, 0.3) is 5.91 Å². The average Bonchev–Trinajstić information content (AvgIpc) is 3.05. The maximum Gasteiger partial charge on any atom is 0.258 e. The lowest BCUT2D eigenvalue weighted by Gasteiger charge is -2.27. The van der Waals surface area contributed by atoms with E-state index in [9.17, 15) is 4.79 Å². The van der Waals surface area contributed by atoms with Crippen LogP contribution < -0.4 is 14.8 Å². The van der Waals surface area contributed by atoms with Crippen molar-refractivity contribution in [3.8, 4) is 11.5 Å². The summed E-state index contributed by atoms with van der Waals surface area (Å²) in [6, 6.07) is 15.5. The molecular formula is C21H25NO4. The Kier molecular flexibility index (Phi) is 5.78. The Hall–Kier alpha value is -2.53. The van der Waals surface area contributed by atoms with Gasteiger partial charge in [0.1, 0.15) is 11.5 Å². The van der Waals surface area contributed by atoms with Gasteiger partial charge in [-0.25, -0.2) is 0 Å². The third kappa shape index (κ3) is 4.35. The highest BCUT2D eigenvalue weighted by Crippen LogP contribution is 2.32. The molecule has 0 saturated heterocycles. The van der Waals surface area contributed by atoms with Crippen molar-refractivity contribution < 1.29 is 19.0 Å². The second-order valence-corrected chi connectivity index (χ2v) is 6.48. The van der Waals surface area contributed by atoms with E-state index < -0.39 is 0 Å². The maximum absolute atomic E-state index is 12.2. The summed E-state index contributed by atoms with van der Waals surface area (Å²) >= 11 is 0. The van der Waals surface area contributed by atoms with E-state index in [1.165, 1.54) is 11.1 Å². The molecule has 1 N–H and O–H groups in total. The molecule has 1 aliphatic carbocycles. The molecule has 0 heterocycles. The van der Waals surface area contributed by atoms with Gasteiger partial charge in [0.2, 0.25) is 0 Å². The third-order valence-electron chi connectivity index (χ3n) is 4.69. The van der Waals surface area contributed by atoms with Crippen LogP contribution in [0.2, 0.25) is 0 Å². The van der Waals surface area contributed by atoms with Gasteiger partial charge in [-0.15, -0.1) is 0 Å². The van der Waals surface area contributed by atoms with Crippen LogP contribution in [0.3, 0.4) is 0 Å². The quantitative estimate of drug-likeness (QED) is 0.791. The number of nitrogens with one attached hydrogen (secondary N) is 1. The lowest BCUT2D eigenvalue weighted by atomic mass is 10.00. The minimum Gasteiger partial charge on any atom is -0.494 e. The van der Waals surface area contributed by atoms with Gasteiger partial charge in [0, 0.05) is 26.5 Å². The zero-order valence-electron chi connectivity index (χ0n) is 15.3. The molecule has 5 nitrogen and oxygen atoms in total. The van der Waals surface area contributed by atoms with Crippen LogP contribution in [0, 0.1) is 0 Å². The first-order valence-electron chi connectivity index (χ1n) is 8.88. The topological polar surface area (TPSA) is 56.8 Å². The number of hydrogen-bond donors (Lipinski definition) is 1. The largest absolute Gasteiger partial charge is 0.494 e. The monoisotopic (exact) mass is 355 g/mol. The van der Waals surface area contributed by atoms with Gasteiger partial charge in [-0.2, -0.15) is 0 Å². The molecule has 26 heavy (non-hydrogen) atoms. The summed E-state index contributed by atoms with van der Waals surface area (Å²) in [5.41, 5.74) is 2.20. The Balaban J connectivity index is 1.48. The SMILES string of the molecule is CCOc1ccc(OCC(=O)NCC2(OC)Cc3ccccc3C2)cc1. The Bertz CT molecular complexity index is 717. The number of ether oxygens (including phenoxy) is 3. The van der Waals surface area contributed by atoms with Crippen molar-refractivity contribution in [2.45, 2.75) is 25.4 Å². The Morgan fingerprint density at radius 1 is 1.00 bits per heavy atom. The number of carbonyl (C=O) groups excluding carboxylic acids is 1. The molecule has 0 radical (unpaired) electrons. The van der Waals surface area contributed by atoms with Gasteiger partial charge in [-0.1, -0.05) is 24.3 Å². The zero-order chi connectivity index (χ0) is 18.4. The first kappa shape index (κ1) is 18.3. The van der Waals surface area contributed by atoms with Gasteiger partial charge in [-0.05, 0) is 42.3 Å². The second kappa shape index (κ2) is 8.23. The van der Waals surface area contributed by atoms with Gasteiger partial charge in [0.05, 0.1) is 12.2 Å². The number of benzene rings is 2. The fourth-order valence-electron chi connectivity index (χ4n) is 3.26. The number of methoxy groups -OCH3 is 1. The van der Waals surface area contributed by atoms with Gasteiger partial charge in [-0.3, -0.25) is 4.79 Å². The van der Waals surface area contributed by atoms with E-state index in [2.05, 4.69) is 17.4 Å². The van der Waals surface area contributed by atoms with Crippen LogP contribution in [-0.4, -0.2) is 38.4 Å². The highest BCUT2D eigenvalue weighted by molar-refractivity contribution is 5.77. The molecule has 3 rings (SSSR count). The highest BCUT2D eigenvalue weighted by atomic mass is 16.5. The van der Waals surface area contributed by atoms with Crippen molar-refractivity contribution in [1.82, 2.24) is 5.32 Å². The van der Waals surface area contributed by atoms with Gasteiger partial charge in [0.15, 0.2) is 6.61 Å². The van der Waals surface area contributed by atoms with E-state index in [0.717, 1.165) is 18.6 Å². The van der Waals surface area contributed by atoms with Crippen molar-refractivity contribution in [2.75, 3.05) is 26.9 Å². The van der Waals surface area contributed by atoms with E-state index in [-0.39, 0.29) is 18.1 Å². The molecule has 0 unspecified atom stereocenters. The molecule has 2 aromatic rings. The Morgan fingerprint density at radius 3 is 2.12 bits per heavy atom. The second-order valence-electron chi connectivity index (χ2n) is 6.48. The molecule has 5 heteroatoms. The minimum atomic E-state index is -0.377. The fraction of sp³-hybridized carbons (Fsp3) is 0.381. The number of hydrogen-bond acceptors (Lipinski definition) is 4. The van der Waals surface area contributed by atoms with Crippen molar-refractivity contribution in [2.24, 2.45) is 0 Å². The predicted molar refractivity (Wildman–Crippen MR) is 99.7 cm³/mol. The molecular weight excluding hydrogens is 330 g/mol. The van der Waals surface area contributed by atoms with Crippen molar-refractivity contribution in [1.29, 1.82) is 0 Å². The van der Waals surface area contributed by atoms with E-state index in [0.29, 0.717) is 18.9 Å². The average molecular weight is 355 g/mol. The normalized spacial score (nSPS) is 14.5. The van der Waals surface area contributed by atoms with Crippen molar-refractivity contribution >= 4 is 5.91 Å². The van der Waals surface area contributed by atoms with Gasteiger partial charge >= 0.3 is 0 Å². The lowest BCUT2D eigenvalue weighted by Crippen LogP contribution is -2.46. The Morgan fingerprint density at radius 2 is 1.58 bits per heavy atom. The Labute approximate surface area is 154 Å². The summed E-state index contributed by atoms with van der Waals surface area (Å²) < 4.78 is 16.7. The molecule has 0 fully saturated rings. The summed E-state index contributed by atoms with van der Waals surface area (Å²) in [5, 5.41) is 2.94. The lowest BCUT2D eigenvalue weighted by molar-refractivity contribution is -0.124. The van der Waals surface area contributed by atoms with Crippen LogP contribution in [0.1, 0.15) is 18.1 Å². The predicted octanol–water partition coefficient (Wildman–Crippen LogP) is 2.76. The van der Waals surface area contributed by atoms with E-state index in [1.54, 1.807) is 19.2 Å². The fourth-order valence-corrected chi connectivity index (χ4v) is 3.26. The van der Waals surface area contributed by atoms with E-state index >= 15 is 0 Å². The van der Waals surface area contributed by atoms with E-state index in [1.807, 2.05) is 31.2 Å². The minimum absolute atomic E-state index is 0.0271.